The van der Waals surface area contributed by atoms with Crippen molar-refractivity contribution in [3.8, 4) is 0 Å². The van der Waals surface area contributed by atoms with Gasteiger partial charge in [-0.15, -0.1) is 0 Å². The minimum Gasteiger partial charge on any atom is -0.466 e. The second-order valence-corrected chi connectivity index (χ2v) is 4.75. The molecule has 0 aromatic rings. The van der Waals surface area contributed by atoms with E-state index in [2.05, 4.69) is 16.6 Å². The molecule has 1 heterocycles. The highest BCUT2D eigenvalue weighted by Gasteiger charge is 2.32. The summed E-state index contributed by atoms with van der Waals surface area (Å²) in [5.41, 5.74) is 1.41. The van der Waals surface area contributed by atoms with Crippen molar-refractivity contribution >= 4 is 11.9 Å². The highest BCUT2D eigenvalue weighted by atomic mass is 16.5. The lowest BCUT2D eigenvalue weighted by molar-refractivity contribution is -0.137. The number of carbonyl (C=O) groups excluding carboxylic acids is 2. The molecule has 6 heteroatoms. The molecule has 1 unspecified atom stereocenters. The van der Waals surface area contributed by atoms with Crippen LogP contribution in [-0.2, 0) is 19.1 Å². The van der Waals surface area contributed by atoms with Crippen LogP contribution in [0.1, 0.15) is 27.2 Å². The van der Waals surface area contributed by atoms with Gasteiger partial charge in [0.05, 0.1) is 26.0 Å². The standard InChI is InChI=1S/C15H24N2O4/c1-6-13-16(7-2)10-12(15(19)21-5)11(3)17(13)9-8-14(18)20-4/h8-9,13H,6-7,10H2,1-5H3/b9-8+. The lowest BCUT2D eigenvalue weighted by atomic mass is 10.1. The number of nitrogens with zero attached hydrogens (tertiary/aromatic N) is 2. The van der Waals surface area contributed by atoms with Crippen LogP contribution in [0.2, 0.25) is 0 Å². The third kappa shape index (κ3) is 3.85. The molecule has 0 fully saturated rings. The highest BCUT2D eigenvalue weighted by molar-refractivity contribution is 5.90. The molecule has 118 valence electrons. The molecule has 1 atom stereocenters. The van der Waals surface area contributed by atoms with Crippen molar-refractivity contribution in [1.82, 2.24) is 9.80 Å². The molecule has 21 heavy (non-hydrogen) atoms. The minimum absolute atomic E-state index is 0.101. The summed E-state index contributed by atoms with van der Waals surface area (Å²) in [5.74, 6) is -0.761. The maximum Gasteiger partial charge on any atom is 0.336 e. The number of methoxy groups -OCH3 is 2. The first-order valence-electron chi connectivity index (χ1n) is 7.06. The smallest absolute Gasteiger partial charge is 0.336 e. The Bertz CT molecular complexity index is 457. The van der Waals surface area contributed by atoms with E-state index in [0.717, 1.165) is 18.7 Å². The summed E-state index contributed by atoms with van der Waals surface area (Å²) < 4.78 is 9.47. The van der Waals surface area contributed by atoms with E-state index in [1.807, 2.05) is 18.7 Å². The van der Waals surface area contributed by atoms with E-state index in [0.29, 0.717) is 12.1 Å². The van der Waals surface area contributed by atoms with Crippen molar-refractivity contribution < 1.29 is 19.1 Å². The van der Waals surface area contributed by atoms with Gasteiger partial charge in [-0.2, -0.15) is 0 Å². The van der Waals surface area contributed by atoms with Gasteiger partial charge in [0.1, 0.15) is 0 Å². The van der Waals surface area contributed by atoms with Gasteiger partial charge in [-0.25, -0.2) is 9.59 Å². The number of carbonyl (C=O) groups is 2. The third-order valence-electron chi connectivity index (χ3n) is 3.70. The van der Waals surface area contributed by atoms with Crippen LogP contribution in [0.25, 0.3) is 0 Å². The van der Waals surface area contributed by atoms with Gasteiger partial charge >= 0.3 is 11.9 Å². The molecule has 0 saturated heterocycles. The molecule has 0 amide bonds. The Morgan fingerprint density at radius 1 is 1.29 bits per heavy atom. The molecule has 0 aromatic heterocycles. The van der Waals surface area contributed by atoms with Crippen LogP contribution in [0.3, 0.4) is 0 Å². The second-order valence-electron chi connectivity index (χ2n) is 4.75. The average molecular weight is 296 g/mol. The molecule has 0 bridgehead atoms. The molecule has 1 rings (SSSR count). The minimum atomic E-state index is -0.425. The fourth-order valence-corrected chi connectivity index (χ4v) is 2.51. The summed E-state index contributed by atoms with van der Waals surface area (Å²) in [6.07, 6.45) is 4.00. The van der Waals surface area contributed by atoms with Crippen LogP contribution in [-0.4, -0.2) is 55.2 Å². The Morgan fingerprint density at radius 3 is 2.43 bits per heavy atom. The SMILES string of the molecule is CCC1N(CC)CC(C(=O)OC)=C(C)N1/C=C/C(=O)OC. The molecular formula is C15H24N2O4. The van der Waals surface area contributed by atoms with E-state index in [9.17, 15) is 9.59 Å². The van der Waals surface area contributed by atoms with E-state index < -0.39 is 5.97 Å². The summed E-state index contributed by atoms with van der Waals surface area (Å²) >= 11 is 0. The van der Waals surface area contributed by atoms with Gasteiger partial charge in [-0.05, 0) is 19.9 Å². The number of ether oxygens (including phenoxy) is 2. The molecular weight excluding hydrogens is 272 g/mol. The van der Waals surface area contributed by atoms with Crippen LogP contribution >= 0.6 is 0 Å². The van der Waals surface area contributed by atoms with Gasteiger partial charge < -0.3 is 14.4 Å². The zero-order valence-electron chi connectivity index (χ0n) is 13.4. The lowest BCUT2D eigenvalue weighted by Gasteiger charge is -2.43. The number of hydrogen-bond donors (Lipinski definition) is 0. The Morgan fingerprint density at radius 2 is 1.95 bits per heavy atom. The summed E-state index contributed by atoms with van der Waals surface area (Å²) in [6.45, 7) is 7.33. The lowest BCUT2D eigenvalue weighted by Crippen LogP contribution is -2.51. The molecule has 0 aromatic carbocycles. The van der Waals surface area contributed by atoms with Gasteiger partial charge in [-0.1, -0.05) is 13.8 Å². The molecule has 6 nitrogen and oxygen atoms in total. The van der Waals surface area contributed by atoms with Crippen LogP contribution < -0.4 is 0 Å². The third-order valence-corrected chi connectivity index (χ3v) is 3.70. The molecule has 0 radical (unpaired) electrons. The summed E-state index contributed by atoms with van der Waals surface area (Å²) in [5, 5.41) is 0. The average Bonchev–Trinajstić information content (AvgIpc) is 2.51. The quantitative estimate of drug-likeness (QED) is 0.566. The fourth-order valence-electron chi connectivity index (χ4n) is 2.51. The summed E-state index contributed by atoms with van der Waals surface area (Å²) in [4.78, 5) is 27.3. The molecule has 0 saturated carbocycles. The number of allylic oxidation sites excluding steroid dienone is 1. The molecule has 1 aliphatic rings. The van der Waals surface area contributed by atoms with Gasteiger partial charge in [0.2, 0.25) is 0 Å². The second kappa shape index (κ2) is 7.83. The van der Waals surface area contributed by atoms with Gasteiger partial charge in [-0.3, -0.25) is 4.90 Å². The Kier molecular flexibility index (Phi) is 6.42. The van der Waals surface area contributed by atoms with E-state index in [4.69, 9.17) is 4.74 Å². The maximum absolute atomic E-state index is 11.9. The Hall–Kier alpha value is -1.82. The molecule has 0 aliphatic carbocycles. The predicted octanol–water partition coefficient (Wildman–Crippen LogP) is 1.49. The topological polar surface area (TPSA) is 59.1 Å². The highest BCUT2D eigenvalue weighted by Crippen LogP contribution is 2.26. The van der Waals surface area contributed by atoms with Gasteiger partial charge in [0.15, 0.2) is 0 Å². The van der Waals surface area contributed by atoms with Crippen LogP contribution in [0.5, 0.6) is 0 Å². The zero-order valence-corrected chi connectivity index (χ0v) is 13.4. The number of hydrogen-bond acceptors (Lipinski definition) is 6. The van der Waals surface area contributed by atoms with Crippen molar-refractivity contribution in [1.29, 1.82) is 0 Å². The van der Waals surface area contributed by atoms with E-state index in [1.54, 1.807) is 6.20 Å². The first-order valence-corrected chi connectivity index (χ1v) is 7.06. The van der Waals surface area contributed by atoms with Crippen molar-refractivity contribution in [2.75, 3.05) is 27.3 Å². The van der Waals surface area contributed by atoms with Gasteiger partial charge in [0, 0.05) is 24.5 Å². The van der Waals surface area contributed by atoms with Crippen molar-refractivity contribution in [2.24, 2.45) is 0 Å². The first-order chi connectivity index (χ1) is 9.99. The first kappa shape index (κ1) is 17.2. The van der Waals surface area contributed by atoms with E-state index >= 15 is 0 Å². The zero-order chi connectivity index (χ0) is 16.0. The van der Waals surface area contributed by atoms with Crippen molar-refractivity contribution in [2.45, 2.75) is 33.4 Å². The number of rotatable bonds is 5. The van der Waals surface area contributed by atoms with Crippen LogP contribution in [0.15, 0.2) is 23.5 Å². The number of esters is 2. The monoisotopic (exact) mass is 296 g/mol. The normalized spacial score (nSPS) is 20.0. The summed E-state index contributed by atoms with van der Waals surface area (Å²) in [6, 6.07) is 0. The molecule has 1 aliphatic heterocycles. The van der Waals surface area contributed by atoms with Crippen LogP contribution in [0, 0.1) is 0 Å². The predicted molar refractivity (Wildman–Crippen MR) is 79.0 cm³/mol. The Labute approximate surface area is 126 Å². The maximum atomic E-state index is 11.9. The van der Waals surface area contributed by atoms with Crippen LogP contribution in [0.4, 0.5) is 0 Å². The largest absolute Gasteiger partial charge is 0.466 e. The van der Waals surface area contributed by atoms with Gasteiger partial charge in [0.25, 0.3) is 0 Å². The number of likely N-dealkylation sites (N-methyl/N-ethyl adjacent to an activating group) is 1. The summed E-state index contributed by atoms with van der Waals surface area (Å²) in [7, 11) is 2.71. The van der Waals surface area contributed by atoms with Crippen molar-refractivity contribution in [3.05, 3.63) is 23.5 Å². The molecule has 0 N–H and O–H groups in total. The van der Waals surface area contributed by atoms with E-state index in [1.165, 1.54) is 20.3 Å². The Balaban J connectivity index is 3.19. The fraction of sp³-hybridized carbons (Fsp3) is 0.600. The molecule has 0 spiro atoms. The van der Waals surface area contributed by atoms with Crippen molar-refractivity contribution in [3.63, 3.8) is 0 Å². The van der Waals surface area contributed by atoms with E-state index in [-0.39, 0.29) is 12.1 Å².